The van der Waals surface area contributed by atoms with Gasteiger partial charge in [-0.25, -0.2) is 13.4 Å². The third-order valence-electron chi connectivity index (χ3n) is 2.85. The maximum Gasteiger partial charge on any atom is 0.243 e. The minimum Gasteiger partial charge on any atom is -0.399 e. The Kier molecular flexibility index (Phi) is 3.59. The second kappa shape index (κ2) is 5.02. The molecule has 0 saturated heterocycles. The fourth-order valence-corrected chi connectivity index (χ4v) is 2.87. The van der Waals surface area contributed by atoms with Gasteiger partial charge in [0, 0.05) is 32.2 Å². The van der Waals surface area contributed by atoms with E-state index in [0.29, 0.717) is 11.5 Å². The van der Waals surface area contributed by atoms with Gasteiger partial charge in [0.15, 0.2) is 0 Å². The summed E-state index contributed by atoms with van der Waals surface area (Å²) in [5.74, 6) is 0.676. The van der Waals surface area contributed by atoms with Gasteiger partial charge in [0.25, 0.3) is 0 Å². The van der Waals surface area contributed by atoms with Gasteiger partial charge in [-0.05, 0) is 18.2 Å². The molecule has 0 unspecified atom stereocenters. The van der Waals surface area contributed by atoms with Crippen LogP contribution < -0.4 is 5.73 Å². The Morgan fingerprint density at radius 1 is 1.42 bits per heavy atom. The molecule has 2 rings (SSSR count). The van der Waals surface area contributed by atoms with E-state index >= 15 is 0 Å². The number of benzene rings is 1. The van der Waals surface area contributed by atoms with E-state index in [9.17, 15) is 8.42 Å². The second-order valence-electron chi connectivity index (χ2n) is 4.29. The molecule has 0 atom stereocenters. The molecule has 0 bridgehead atoms. The van der Waals surface area contributed by atoms with Crippen LogP contribution in [0.2, 0.25) is 0 Å². The summed E-state index contributed by atoms with van der Waals surface area (Å²) < 4.78 is 27.7. The van der Waals surface area contributed by atoms with Gasteiger partial charge in [0.05, 0.1) is 11.4 Å². The summed E-state index contributed by atoms with van der Waals surface area (Å²) in [7, 11) is -0.211. The highest BCUT2D eigenvalue weighted by atomic mass is 32.2. The molecule has 0 saturated carbocycles. The van der Waals surface area contributed by atoms with Crippen LogP contribution >= 0.6 is 0 Å². The zero-order valence-corrected chi connectivity index (χ0v) is 11.6. The number of hydrogen-bond donors (Lipinski definition) is 1. The minimum atomic E-state index is -3.55. The fourth-order valence-electron chi connectivity index (χ4n) is 1.69. The van der Waals surface area contributed by atoms with Crippen LogP contribution in [0.25, 0.3) is 0 Å². The van der Waals surface area contributed by atoms with E-state index in [0.717, 1.165) is 0 Å². The lowest BCUT2D eigenvalue weighted by atomic mass is 10.3. The van der Waals surface area contributed by atoms with Crippen LogP contribution in [0.1, 0.15) is 5.82 Å². The van der Waals surface area contributed by atoms with Crippen molar-refractivity contribution < 1.29 is 8.42 Å². The molecule has 19 heavy (non-hydrogen) atoms. The first kappa shape index (κ1) is 13.6. The number of aryl methyl sites for hydroxylation is 1. The van der Waals surface area contributed by atoms with E-state index in [1.54, 1.807) is 29.1 Å². The van der Waals surface area contributed by atoms with Gasteiger partial charge in [0.1, 0.15) is 5.82 Å². The average molecular weight is 280 g/mol. The smallest absolute Gasteiger partial charge is 0.243 e. The summed E-state index contributed by atoms with van der Waals surface area (Å²) in [4.78, 5) is 4.30. The standard InChI is InChI=1S/C12H16N4O2S/c1-15-7-6-14-12(15)9-16(2)19(17,18)11-5-3-4-10(13)8-11/h3-8H,9,13H2,1-2H3. The number of nitrogens with zero attached hydrogens (tertiary/aromatic N) is 3. The largest absolute Gasteiger partial charge is 0.399 e. The molecule has 0 aliphatic heterocycles. The first-order valence-corrected chi connectivity index (χ1v) is 7.13. The first-order chi connectivity index (χ1) is 8.91. The topological polar surface area (TPSA) is 81.2 Å². The highest BCUT2D eigenvalue weighted by Crippen LogP contribution is 2.18. The van der Waals surface area contributed by atoms with Crippen LogP contribution in [-0.4, -0.2) is 29.3 Å². The van der Waals surface area contributed by atoms with E-state index < -0.39 is 10.0 Å². The maximum absolute atomic E-state index is 12.4. The summed E-state index contributed by atoms with van der Waals surface area (Å²) in [6.07, 6.45) is 3.41. The first-order valence-electron chi connectivity index (χ1n) is 5.69. The van der Waals surface area contributed by atoms with Crippen LogP contribution in [0, 0.1) is 0 Å². The molecule has 6 nitrogen and oxygen atoms in total. The number of anilines is 1. The number of nitrogens with two attached hydrogens (primary N) is 1. The molecule has 0 radical (unpaired) electrons. The van der Waals surface area contributed by atoms with Crippen molar-refractivity contribution in [3.05, 3.63) is 42.5 Å². The molecule has 0 aliphatic rings. The lowest BCUT2D eigenvalue weighted by Gasteiger charge is -2.17. The Morgan fingerprint density at radius 2 is 2.16 bits per heavy atom. The zero-order valence-electron chi connectivity index (χ0n) is 10.8. The third-order valence-corrected chi connectivity index (χ3v) is 4.65. The molecule has 0 amide bonds. The number of hydrogen-bond acceptors (Lipinski definition) is 4. The predicted molar refractivity (Wildman–Crippen MR) is 72.7 cm³/mol. The van der Waals surface area contributed by atoms with Crippen LogP contribution in [0.4, 0.5) is 5.69 Å². The molecule has 1 heterocycles. The summed E-state index contributed by atoms with van der Waals surface area (Å²) in [6.45, 7) is 0.209. The Labute approximate surface area is 112 Å². The zero-order chi connectivity index (χ0) is 14.0. The van der Waals surface area contributed by atoms with Gasteiger partial charge >= 0.3 is 0 Å². The van der Waals surface area contributed by atoms with Crippen LogP contribution in [-0.2, 0) is 23.6 Å². The third kappa shape index (κ3) is 2.77. The number of rotatable bonds is 4. The van der Waals surface area contributed by atoms with Crippen molar-refractivity contribution >= 4 is 15.7 Å². The summed E-state index contributed by atoms with van der Waals surface area (Å²) in [5.41, 5.74) is 6.04. The highest BCUT2D eigenvalue weighted by Gasteiger charge is 2.22. The van der Waals surface area contributed by atoms with E-state index in [1.165, 1.54) is 23.5 Å². The lowest BCUT2D eigenvalue weighted by molar-refractivity contribution is 0.451. The molecule has 0 spiro atoms. The highest BCUT2D eigenvalue weighted by molar-refractivity contribution is 7.89. The molecule has 2 aromatic rings. The summed E-state index contributed by atoms with van der Waals surface area (Å²) >= 11 is 0. The Morgan fingerprint density at radius 3 is 2.74 bits per heavy atom. The monoisotopic (exact) mass is 280 g/mol. The van der Waals surface area contributed by atoms with E-state index in [1.807, 2.05) is 7.05 Å². The molecular weight excluding hydrogens is 264 g/mol. The fraction of sp³-hybridized carbons (Fsp3) is 0.250. The quantitative estimate of drug-likeness (QED) is 0.841. The van der Waals surface area contributed by atoms with E-state index in [-0.39, 0.29) is 11.4 Å². The summed E-state index contributed by atoms with van der Waals surface area (Å²) in [5, 5.41) is 0. The van der Waals surface area contributed by atoms with Crippen molar-refractivity contribution in [2.24, 2.45) is 7.05 Å². The molecule has 0 aliphatic carbocycles. The lowest BCUT2D eigenvalue weighted by Crippen LogP contribution is -2.27. The van der Waals surface area contributed by atoms with E-state index in [4.69, 9.17) is 5.73 Å². The van der Waals surface area contributed by atoms with Crippen molar-refractivity contribution in [1.29, 1.82) is 0 Å². The van der Waals surface area contributed by atoms with Gasteiger partial charge < -0.3 is 10.3 Å². The van der Waals surface area contributed by atoms with Crippen molar-refractivity contribution in [2.45, 2.75) is 11.4 Å². The predicted octanol–water partition coefficient (Wildman–Crippen LogP) is 0.823. The van der Waals surface area contributed by atoms with Gasteiger partial charge in [-0.15, -0.1) is 0 Å². The number of sulfonamides is 1. The normalized spacial score (nSPS) is 11.9. The van der Waals surface area contributed by atoms with Gasteiger partial charge in [0.2, 0.25) is 10.0 Å². The van der Waals surface area contributed by atoms with Crippen molar-refractivity contribution in [2.75, 3.05) is 12.8 Å². The van der Waals surface area contributed by atoms with Crippen LogP contribution in [0.15, 0.2) is 41.6 Å². The van der Waals surface area contributed by atoms with E-state index in [2.05, 4.69) is 4.98 Å². The molecule has 7 heteroatoms. The number of nitrogen functional groups attached to an aromatic ring is 1. The molecule has 1 aromatic heterocycles. The van der Waals surface area contributed by atoms with Crippen molar-refractivity contribution in [3.8, 4) is 0 Å². The minimum absolute atomic E-state index is 0.184. The molecule has 102 valence electrons. The van der Waals surface area contributed by atoms with Crippen molar-refractivity contribution in [1.82, 2.24) is 13.9 Å². The molecule has 0 fully saturated rings. The van der Waals surface area contributed by atoms with Crippen molar-refractivity contribution in [3.63, 3.8) is 0 Å². The molecule has 2 N–H and O–H groups in total. The van der Waals surface area contributed by atoms with Gasteiger partial charge in [-0.2, -0.15) is 4.31 Å². The van der Waals surface area contributed by atoms with Gasteiger partial charge in [-0.3, -0.25) is 0 Å². The SMILES string of the molecule is CN(Cc1nccn1C)S(=O)(=O)c1cccc(N)c1. The Balaban J connectivity index is 2.27. The Bertz CT molecular complexity index is 679. The Hall–Kier alpha value is -1.86. The van der Waals surface area contributed by atoms with Crippen LogP contribution in [0.5, 0.6) is 0 Å². The molecular formula is C12H16N4O2S. The number of imidazole rings is 1. The second-order valence-corrected chi connectivity index (χ2v) is 6.33. The van der Waals surface area contributed by atoms with Gasteiger partial charge in [-0.1, -0.05) is 6.07 Å². The summed E-state index contributed by atoms with van der Waals surface area (Å²) in [6, 6.07) is 6.25. The molecule has 1 aromatic carbocycles. The maximum atomic E-state index is 12.4. The number of aromatic nitrogens is 2. The average Bonchev–Trinajstić information content (AvgIpc) is 2.75. The van der Waals surface area contributed by atoms with Crippen LogP contribution in [0.3, 0.4) is 0 Å².